The molecule has 0 spiro atoms. The van der Waals surface area contributed by atoms with E-state index in [1.54, 1.807) is 12.1 Å². The zero-order valence-electron chi connectivity index (χ0n) is 15.8. The summed E-state index contributed by atoms with van der Waals surface area (Å²) in [6.07, 6.45) is 0.827. The quantitative estimate of drug-likeness (QED) is 0.751. The van der Waals surface area contributed by atoms with Gasteiger partial charge in [-0.25, -0.2) is 0 Å². The fourth-order valence-corrected chi connectivity index (χ4v) is 3.58. The average Bonchev–Trinajstić information content (AvgIpc) is 3.15. The molecule has 4 heteroatoms. The van der Waals surface area contributed by atoms with Crippen molar-refractivity contribution >= 4 is 17.5 Å². The minimum absolute atomic E-state index is 0.0348. The Balaban J connectivity index is 1.46. The van der Waals surface area contributed by atoms with Crippen molar-refractivity contribution in [3.8, 4) is 0 Å². The number of rotatable bonds is 4. The van der Waals surface area contributed by atoms with Gasteiger partial charge in [0.2, 0.25) is 0 Å². The van der Waals surface area contributed by atoms with E-state index in [1.807, 2.05) is 66.4 Å². The van der Waals surface area contributed by atoms with Crippen molar-refractivity contribution in [3.63, 3.8) is 0 Å². The number of aryl methyl sites for hydroxylation is 1. The van der Waals surface area contributed by atoms with Crippen LogP contribution in [0.5, 0.6) is 0 Å². The minimum atomic E-state index is -0.0858. The van der Waals surface area contributed by atoms with Gasteiger partial charge in [-0.05, 0) is 54.8 Å². The third-order valence-electron chi connectivity index (χ3n) is 5.04. The normalized spacial score (nSPS) is 12.5. The first-order valence-corrected chi connectivity index (χ1v) is 9.45. The van der Waals surface area contributed by atoms with Crippen LogP contribution in [-0.2, 0) is 13.0 Å². The van der Waals surface area contributed by atoms with Gasteiger partial charge in [-0.3, -0.25) is 9.59 Å². The topological polar surface area (TPSA) is 49.4 Å². The van der Waals surface area contributed by atoms with Crippen LogP contribution in [0.4, 0.5) is 5.69 Å². The molecular weight excluding hydrogens is 348 g/mol. The van der Waals surface area contributed by atoms with E-state index in [2.05, 4.69) is 11.4 Å². The number of nitrogens with one attached hydrogen (secondary N) is 1. The molecule has 0 atom stereocenters. The van der Waals surface area contributed by atoms with Gasteiger partial charge < -0.3 is 10.2 Å². The Labute approximate surface area is 164 Å². The van der Waals surface area contributed by atoms with E-state index in [9.17, 15) is 9.59 Å². The monoisotopic (exact) mass is 370 g/mol. The molecule has 1 heterocycles. The number of anilines is 1. The van der Waals surface area contributed by atoms with Crippen LogP contribution in [-0.4, -0.2) is 18.4 Å². The SMILES string of the molecule is Cc1cccc(C(=O)N2CCc3cc(CNC(=O)c4ccccc4)ccc32)c1. The summed E-state index contributed by atoms with van der Waals surface area (Å²) in [4.78, 5) is 26.9. The number of nitrogens with zero attached hydrogens (tertiary/aromatic N) is 1. The molecule has 0 aliphatic carbocycles. The molecule has 0 bridgehead atoms. The maximum Gasteiger partial charge on any atom is 0.258 e. The molecule has 1 aliphatic heterocycles. The fourth-order valence-electron chi connectivity index (χ4n) is 3.58. The molecule has 4 nitrogen and oxygen atoms in total. The van der Waals surface area contributed by atoms with Crippen molar-refractivity contribution < 1.29 is 9.59 Å². The van der Waals surface area contributed by atoms with Crippen LogP contribution < -0.4 is 10.2 Å². The maximum absolute atomic E-state index is 12.9. The van der Waals surface area contributed by atoms with E-state index in [0.717, 1.165) is 28.8 Å². The fraction of sp³-hybridized carbons (Fsp3) is 0.167. The lowest BCUT2D eigenvalue weighted by molar-refractivity contribution is 0.0949. The largest absolute Gasteiger partial charge is 0.348 e. The maximum atomic E-state index is 12.9. The number of hydrogen-bond acceptors (Lipinski definition) is 2. The zero-order chi connectivity index (χ0) is 19.5. The summed E-state index contributed by atoms with van der Waals surface area (Å²) in [7, 11) is 0. The molecule has 0 saturated carbocycles. The van der Waals surface area contributed by atoms with Gasteiger partial charge in [-0.15, -0.1) is 0 Å². The highest BCUT2D eigenvalue weighted by Gasteiger charge is 2.25. The van der Waals surface area contributed by atoms with Crippen molar-refractivity contribution in [1.82, 2.24) is 5.32 Å². The molecule has 4 rings (SSSR count). The number of benzene rings is 3. The lowest BCUT2D eigenvalue weighted by atomic mass is 10.1. The standard InChI is InChI=1S/C24H22N2O2/c1-17-6-5-9-21(14-17)24(28)26-13-12-20-15-18(10-11-22(20)26)16-25-23(27)19-7-3-2-4-8-19/h2-11,14-15H,12-13,16H2,1H3,(H,25,27). The lowest BCUT2D eigenvalue weighted by Crippen LogP contribution is -2.28. The summed E-state index contributed by atoms with van der Waals surface area (Å²) in [6.45, 7) is 3.14. The highest BCUT2D eigenvalue weighted by atomic mass is 16.2. The first-order valence-electron chi connectivity index (χ1n) is 9.45. The second-order valence-corrected chi connectivity index (χ2v) is 7.09. The van der Waals surface area contributed by atoms with E-state index in [0.29, 0.717) is 24.2 Å². The van der Waals surface area contributed by atoms with E-state index in [1.165, 1.54) is 0 Å². The van der Waals surface area contributed by atoms with Crippen molar-refractivity contribution in [2.45, 2.75) is 19.9 Å². The molecule has 3 aromatic carbocycles. The minimum Gasteiger partial charge on any atom is -0.348 e. The Bertz CT molecular complexity index is 1030. The second kappa shape index (κ2) is 7.69. The molecule has 2 amide bonds. The summed E-state index contributed by atoms with van der Waals surface area (Å²) < 4.78 is 0. The first kappa shape index (κ1) is 18.0. The van der Waals surface area contributed by atoms with Gasteiger partial charge in [0.1, 0.15) is 0 Å². The van der Waals surface area contributed by atoms with Crippen molar-refractivity contribution in [3.05, 3.63) is 101 Å². The molecule has 140 valence electrons. The molecule has 3 aromatic rings. The number of carbonyl (C=O) groups is 2. The van der Waals surface area contributed by atoms with E-state index < -0.39 is 0 Å². The number of hydrogen-bond donors (Lipinski definition) is 1. The van der Waals surface area contributed by atoms with Crippen molar-refractivity contribution in [1.29, 1.82) is 0 Å². The third-order valence-corrected chi connectivity index (χ3v) is 5.04. The van der Waals surface area contributed by atoms with Crippen molar-refractivity contribution in [2.75, 3.05) is 11.4 Å². The summed E-state index contributed by atoms with van der Waals surface area (Å²) in [6, 6.07) is 22.9. The third kappa shape index (κ3) is 3.67. The highest BCUT2D eigenvalue weighted by Crippen LogP contribution is 2.30. The summed E-state index contributed by atoms with van der Waals surface area (Å²) in [5.74, 6) is -0.0510. The molecule has 28 heavy (non-hydrogen) atoms. The van der Waals surface area contributed by atoms with E-state index >= 15 is 0 Å². The number of amides is 2. The van der Waals surface area contributed by atoms with Crippen LogP contribution in [0.3, 0.4) is 0 Å². The van der Waals surface area contributed by atoms with Gasteiger partial charge in [-0.2, -0.15) is 0 Å². The molecule has 0 aromatic heterocycles. The van der Waals surface area contributed by atoms with Crippen LogP contribution >= 0.6 is 0 Å². The van der Waals surface area contributed by atoms with Crippen LogP contribution in [0, 0.1) is 6.92 Å². The first-order chi connectivity index (χ1) is 13.6. The average molecular weight is 370 g/mol. The second-order valence-electron chi connectivity index (χ2n) is 7.09. The molecular formula is C24H22N2O2. The smallest absolute Gasteiger partial charge is 0.258 e. The van der Waals surface area contributed by atoms with Gasteiger partial charge in [0.15, 0.2) is 0 Å². The van der Waals surface area contributed by atoms with Gasteiger partial charge in [0, 0.05) is 29.9 Å². The van der Waals surface area contributed by atoms with Crippen LogP contribution in [0.1, 0.15) is 37.4 Å². The molecule has 1 N–H and O–H groups in total. The summed E-state index contributed by atoms with van der Waals surface area (Å²) >= 11 is 0. The molecule has 0 radical (unpaired) electrons. The molecule has 0 saturated heterocycles. The Morgan fingerprint density at radius 2 is 1.71 bits per heavy atom. The van der Waals surface area contributed by atoms with Crippen LogP contribution in [0.15, 0.2) is 72.8 Å². The van der Waals surface area contributed by atoms with E-state index in [4.69, 9.17) is 0 Å². The van der Waals surface area contributed by atoms with Gasteiger partial charge >= 0.3 is 0 Å². The predicted molar refractivity (Wildman–Crippen MR) is 111 cm³/mol. The Kier molecular flexibility index (Phi) is 4.94. The van der Waals surface area contributed by atoms with Gasteiger partial charge in [0.25, 0.3) is 11.8 Å². The molecule has 1 aliphatic rings. The zero-order valence-corrected chi connectivity index (χ0v) is 15.8. The Morgan fingerprint density at radius 3 is 2.50 bits per heavy atom. The predicted octanol–water partition coefficient (Wildman–Crippen LogP) is 4.13. The number of carbonyl (C=O) groups excluding carboxylic acids is 2. The van der Waals surface area contributed by atoms with Crippen molar-refractivity contribution in [2.24, 2.45) is 0 Å². The summed E-state index contributed by atoms with van der Waals surface area (Å²) in [5.41, 5.74) is 5.59. The number of fused-ring (bicyclic) bond motifs is 1. The van der Waals surface area contributed by atoms with Gasteiger partial charge in [0.05, 0.1) is 0 Å². The Morgan fingerprint density at radius 1 is 0.929 bits per heavy atom. The van der Waals surface area contributed by atoms with Crippen LogP contribution in [0.2, 0.25) is 0 Å². The Hall–Kier alpha value is -3.40. The van der Waals surface area contributed by atoms with E-state index in [-0.39, 0.29) is 11.8 Å². The molecule has 0 fully saturated rings. The highest BCUT2D eigenvalue weighted by molar-refractivity contribution is 6.07. The molecule has 0 unspecified atom stereocenters. The lowest BCUT2D eigenvalue weighted by Gasteiger charge is -2.18. The van der Waals surface area contributed by atoms with Gasteiger partial charge in [-0.1, -0.05) is 48.0 Å². The van der Waals surface area contributed by atoms with Crippen LogP contribution in [0.25, 0.3) is 0 Å². The summed E-state index contributed by atoms with van der Waals surface area (Å²) in [5, 5.41) is 2.95.